The molecule has 112 heavy (non-hydrogen) atoms. The lowest BCUT2D eigenvalue weighted by molar-refractivity contribution is -0.115. The van der Waals surface area contributed by atoms with Crippen LogP contribution >= 0.6 is 160 Å². The van der Waals surface area contributed by atoms with Crippen LogP contribution in [0.3, 0.4) is 0 Å². The molecule has 12 rings (SSSR count). The molecule has 0 fully saturated rings. The number of nitrogens with two attached hydrogens (primary N) is 2. The zero-order valence-corrected chi connectivity index (χ0v) is 73.2. The highest BCUT2D eigenvalue weighted by atomic mass is 127. The molecule has 6 aromatic carbocycles. The van der Waals surface area contributed by atoms with Crippen molar-refractivity contribution in [2.24, 2.45) is 10.7 Å². The minimum Gasteiger partial charge on any atom is -0.390 e. The van der Waals surface area contributed by atoms with Crippen molar-refractivity contribution in [2.45, 2.75) is 75.7 Å². The lowest BCUT2D eigenvalue weighted by Gasteiger charge is -2.07. The Morgan fingerprint density at radius 2 is 0.768 bits per heavy atom. The number of carbonyl (C=O) groups is 9. The lowest BCUT2D eigenvalue weighted by Crippen LogP contribution is -2.22. The summed E-state index contributed by atoms with van der Waals surface area (Å²) < 4.78 is 0.350. The van der Waals surface area contributed by atoms with Crippen LogP contribution in [-0.4, -0.2) is 81.7 Å². The number of nitriles is 1. The number of aryl methyl sites for hydroxylation is 5. The first-order valence-corrected chi connectivity index (χ1v) is 42.0. The van der Waals surface area contributed by atoms with Crippen molar-refractivity contribution < 1.29 is 43.2 Å². The van der Waals surface area contributed by atoms with Gasteiger partial charge in [-0.3, -0.25) is 48.1 Å². The summed E-state index contributed by atoms with van der Waals surface area (Å²) in [4.78, 5) is 118. The molecule has 4 amide bonds. The maximum Gasteiger partial charge on any atom is 0.246 e. The number of aliphatic imine (C=N–C) groups is 1. The fourth-order valence-corrected chi connectivity index (χ4v) is 16.7. The van der Waals surface area contributed by atoms with Crippen molar-refractivity contribution in [3.63, 3.8) is 0 Å². The number of carbonyl (C=O) groups excluding carboxylic acids is 9. The Morgan fingerprint density at radius 3 is 1.10 bits per heavy atom. The summed E-state index contributed by atoms with van der Waals surface area (Å²) in [5.74, 6) is -1.57. The average molecular weight is 1850 g/mol. The number of rotatable bonds is 17. The summed E-state index contributed by atoms with van der Waals surface area (Å²) in [6, 6.07) is 42.8. The molecule has 1 aliphatic rings. The molecule has 5 aromatic heterocycles. The number of anilines is 5. The summed E-state index contributed by atoms with van der Waals surface area (Å²) in [6.45, 7) is 19.4. The van der Waals surface area contributed by atoms with Gasteiger partial charge in [0.1, 0.15) is 32.4 Å². The van der Waals surface area contributed by atoms with Crippen molar-refractivity contribution in [2.75, 3.05) is 50.4 Å². The normalized spacial score (nSPS) is 11.0. The van der Waals surface area contributed by atoms with Gasteiger partial charge in [0.2, 0.25) is 23.6 Å². The molecule has 0 unspecified atom stereocenters. The topological polar surface area (TPSA) is 290 Å². The third-order valence-corrected chi connectivity index (χ3v) is 24.8. The molecule has 8 N–H and O–H groups in total. The lowest BCUT2D eigenvalue weighted by atomic mass is 10.00. The van der Waals surface area contributed by atoms with E-state index in [1.807, 2.05) is 102 Å². The number of benzene rings is 6. The number of halogens is 8. The Balaban J connectivity index is 0.000000188. The van der Waals surface area contributed by atoms with E-state index in [2.05, 4.69) is 40.1 Å². The Hall–Kier alpha value is -8.27. The minimum absolute atomic E-state index is 0.0407. The third-order valence-electron chi connectivity index (χ3n) is 16.9. The van der Waals surface area contributed by atoms with Crippen LogP contribution in [0.15, 0.2) is 151 Å². The monoisotopic (exact) mass is 1840 g/mol. The Labute approximate surface area is 717 Å². The van der Waals surface area contributed by atoms with Crippen LogP contribution in [0.25, 0.3) is 0 Å². The van der Waals surface area contributed by atoms with E-state index < -0.39 is 0 Å². The largest absolute Gasteiger partial charge is 0.390 e. The summed E-state index contributed by atoms with van der Waals surface area (Å²) in [5.41, 5.74) is 23.8. The van der Waals surface area contributed by atoms with Gasteiger partial charge in [-0.15, -0.1) is 68.3 Å². The maximum atomic E-state index is 12.7. The molecule has 0 spiro atoms. The molecular weight excluding hydrogens is 1780 g/mol. The van der Waals surface area contributed by atoms with E-state index in [4.69, 9.17) is 97.9 Å². The van der Waals surface area contributed by atoms with Crippen molar-refractivity contribution >= 4 is 244 Å². The van der Waals surface area contributed by atoms with Crippen molar-refractivity contribution in [1.82, 2.24) is 0 Å². The van der Waals surface area contributed by atoms with Crippen LogP contribution in [-0.2, 0) is 19.2 Å². The molecule has 0 aliphatic carbocycles. The minimum atomic E-state index is -0.330. The number of amides is 4. The van der Waals surface area contributed by atoms with Crippen LogP contribution in [0.1, 0.15) is 144 Å². The van der Waals surface area contributed by atoms with Gasteiger partial charge in [-0.2, -0.15) is 5.26 Å². The molecule has 30 heteroatoms. The number of Topliss-reactive ketones (excluding diaryl/α,β-unsaturated/α-hetero) is 1. The second-order valence-corrected chi connectivity index (χ2v) is 34.2. The molecule has 0 radical (unpaired) electrons. The van der Waals surface area contributed by atoms with Gasteiger partial charge in [0.05, 0.1) is 56.4 Å². The molecule has 0 atom stereocenters. The van der Waals surface area contributed by atoms with Gasteiger partial charge < -0.3 is 32.7 Å². The summed E-state index contributed by atoms with van der Waals surface area (Å²) in [6.07, 6.45) is -0.0817. The number of thiophene rings is 5. The second-order valence-electron chi connectivity index (χ2n) is 24.4. The van der Waals surface area contributed by atoms with Crippen molar-refractivity contribution in [3.8, 4) is 6.07 Å². The first-order chi connectivity index (χ1) is 53.1. The van der Waals surface area contributed by atoms with Gasteiger partial charge in [-0.05, 0) is 231 Å². The molecule has 11 aromatic rings. The van der Waals surface area contributed by atoms with Crippen LogP contribution in [0.2, 0.25) is 30.1 Å². The molecule has 0 saturated carbocycles. The number of hydrogen-bond acceptors (Lipinski definition) is 18. The molecule has 580 valence electrons. The van der Waals surface area contributed by atoms with Gasteiger partial charge >= 0.3 is 0 Å². The molecule has 0 saturated heterocycles. The van der Waals surface area contributed by atoms with Gasteiger partial charge in [0, 0.05) is 93.5 Å². The molecule has 17 nitrogen and oxygen atoms in total. The first-order valence-electron chi connectivity index (χ1n) is 33.6. The van der Waals surface area contributed by atoms with Crippen molar-refractivity contribution in [1.29, 1.82) is 5.26 Å². The van der Waals surface area contributed by atoms with E-state index in [0.717, 1.165) is 63.6 Å². The zero-order chi connectivity index (χ0) is 82.5. The second kappa shape index (κ2) is 42.7. The predicted molar refractivity (Wildman–Crippen MR) is 474 cm³/mol. The highest BCUT2D eigenvalue weighted by molar-refractivity contribution is 14.1. The first kappa shape index (κ1) is 90.9. The van der Waals surface area contributed by atoms with Gasteiger partial charge in [-0.25, -0.2) is 0 Å². The number of nitrogens with one attached hydrogen (secondary N) is 4. The van der Waals surface area contributed by atoms with Gasteiger partial charge in [-0.1, -0.05) is 104 Å². The Kier molecular flexibility index (Phi) is 34.7. The number of hydrogen-bond donors (Lipinski definition) is 6. The zero-order valence-electron chi connectivity index (χ0n) is 61.7. The molecular formula is C82H72Cl7IN8O9S5. The molecule has 6 heterocycles. The van der Waals surface area contributed by atoms with E-state index in [1.165, 1.54) is 55.8 Å². The maximum absolute atomic E-state index is 12.7. The quantitative estimate of drug-likeness (QED) is 0.0282. The summed E-state index contributed by atoms with van der Waals surface area (Å²) in [7, 11) is 0. The SMILES string of the molecule is Cc1sc(N)c(C(=O)c2ccc(Cl)cc2)c1C.Cc1sc(NC(=O)CCl)c(C(=O)c2ccc(Cl)cc2)c1C.Cc1sc(NC(=O)CI)c(C(=O)c2ccc(Cl)cc2)c1C.Cc1sc(NC(=O)CN)c(C(=O)c2ccc(Cl)cc2)c1C.Cc1sc2c(c1C)C(c1ccc(Cl)cc1)=NCC(=O)N2.N#CCC(=O)c1ccc(Cl)cc1. The van der Waals surface area contributed by atoms with Crippen LogP contribution < -0.4 is 32.7 Å². The van der Waals surface area contributed by atoms with Crippen LogP contribution in [0, 0.1) is 80.6 Å². The highest BCUT2D eigenvalue weighted by Crippen LogP contribution is 2.40. The van der Waals surface area contributed by atoms with E-state index in [1.54, 1.807) is 139 Å². The van der Waals surface area contributed by atoms with E-state index in [9.17, 15) is 43.2 Å². The average Bonchev–Trinajstić information content (AvgIpc) is 1.65. The number of fused-ring (bicyclic) bond motifs is 1. The number of alkyl halides is 2. The smallest absolute Gasteiger partial charge is 0.246 e. The summed E-state index contributed by atoms with van der Waals surface area (Å²) >= 11 is 49.6. The number of nitrogen functional groups attached to an aromatic ring is 1. The Morgan fingerprint density at radius 1 is 0.455 bits per heavy atom. The van der Waals surface area contributed by atoms with E-state index in [-0.39, 0.29) is 77.9 Å². The number of ketones is 5. The van der Waals surface area contributed by atoms with E-state index >= 15 is 0 Å². The Bertz CT molecular complexity index is 5110. The highest BCUT2D eigenvalue weighted by Gasteiger charge is 2.28. The van der Waals surface area contributed by atoms with Crippen molar-refractivity contribution in [3.05, 3.63) is 289 Å². The fourth-order valence-electron chi connectivity index (χ4n) is 10.4. The predicted octanol–water partition coefficient (Wildman–Crippen LogP) is 22.3. The molecule has 1 aliphatic heterocycles. The summed E-state index contributed by atoms with van der Waals surface area (Å²) in [5, 5.41) is 26.2. The number of nitrogens with zero attached hydrogens (tertiary/aromatic N) is 2. The van der Waals surface area contributed by atoms with Crippen LogP contribution in [0.5, 0.6) is 0 Å². The fraction of sp³-hybridized carbons (Fsp3) is 0.183. The van der Waals surface area contributed by atoms with E-state index in [0.29, 0.717) is 105 Å². The molecule has 0 bridgehead atoms. The standard InChI is InChI=1S/C15H13Cl2NO2S.C15H13ClINO2S.C15H15ClN2O2S.C15H13ClN2OS.C13H12ClNOS.C9H6ClNO/c1-8-9(2)21-15(18-12(19)7-16)13(8)14(20)10-3-5-11(17)6-4-10;2*1-8-9(2)21-15(18-12(19)7-17)13(8)14(20)10-3-5-11(16)6-4-10;1-8-9(2)20-15-13(8)14(17-7-12(19)18-15)10-3-5-11(16)6-4-10;1-7-8(2)17-13(15)11(7)12(16)9-3-5-10(14)6-4-9;10-8-3-1-7(2-4-8)9(12)5-6-11/h2*3-6H,7H2,1-2H3,(H,18,19);3-6H,7,17H2,1-2H3,(H,18,19);3-6H,7H2,1-2H3,(H,18,19);3-6H,15H2,1-2H3;1-4H,5H2. The van der Waals surface area contributed by atoms with Gasteiger partial charge in [0.25, 0.3) is 0 Å². The third kappa shape index (κ3) is 24.4. The van der Waals surface area contributed by atoms with Gasteiger partial charge in [0.15, 0.2) is 28.9 Å². The van der Waals surface area contributed by atoms with Crippen LogP contribution in [0.4, 0.5) is 25.0 Å².